The SMILES string of the molecule is CCCN1CC=C[C@@]2(C)S[C@]34C=CCN(c5ccc(OC)cc5)C(=O)C3N(CCCCO)C(=O)[C@@H]4[C@H]2C1=O. The second kappa shape index (κ2) is 10.4. The first-order valence-corrected chi connectivity index (χ1v) is 14.3. The Labute approximate surface area is 228 Å². The van der Waals surface area contributed by atoms with Crippen molar-refractivity contribution < 1.29 is 24.2 Å². The Hall–Kier alpha value is -2.78. The van der Waals surface area contributed by atoms with Crippen molar-refractivity contribution in [2.45, 2.75) is 48.6 Å². The summed E-state index contributed by atoms with van der Waals surface area (Å²) >= 11 is 1.60. The molecule has 0 radical (unpaired) electrons. The summed E-state index contributed by atoms with van der Waals surface area (Å²) in [6, 6.07) is 6.62. The highest BCUT2D eigenvalue weighted by Crippen LogP contribution is 2.65. The maximum Gasteiger partial charge on any atom is 0.251 e. The predicted molar refractivity (Wildman–Crippen MR) is 148 cm³/mol. The van der Waals surface area contributed by atoms with Gasteiger partial charge in [-0.1, -0.05) is 31.2 Å². The van der Waals surface area contributed by atoms with Crippen LogP contribution in [0.25, 0.3) is 0 Å². The fourth-order valence-electron chi connectivity index (χ4n) is 6.67. The molecule has 0 aliphatic carbocycles. The van der Waals surface area contributed by atoms with Crippen molar-refractivity contribution >= 4 is 35.2 Å². The lowest BCUT2D eigenvalue weighted by Gasteiger charge is -2.37. The number of amides is 3. The molecule has 1 unspecified atom stereocenters. The number of carbonyl (C=O) groups excluding carboxylic acids is 3. The van der Waals surface area contributed by atoms with Crippen LogP contribution >= 0.6 is 11.8 Å². The number of hydrogen-bond acceptors (Lipinski definition) is 6. The number of thioether (sulfide) groups is 1. The number of aliphatic hydroxyl groups excluding tert-OH is 1. The second-order valence-electron chi connectivity index (χ2n) is 10.7. The lowest BCUT2D eigenvalue weighted by molar-refractivity contribution is -0.143. The van der Waals surface area contributed by atoms with Crippen LogP contribution in [0.15, 0.2) is 48.6 Å². The molecule has 2 saturated heterocycles. The summed E-state index contributed by atoms with van der Waals surface area (Å²) in [6.07, 6.45) is 10.1. The minimum Gasteiger partial charge on any atom is -0.497 e. The molecular weight excluding hydrogens is 502 g/mol. The Balaban J connectivity index is 1.59. The third-order valence-electron chi connectivity index (χ3n) is 8.33. The summed E-state index contributed by atoms with van der Waals surface area (Å²) in [7, 11) is 1.60. The molecule has 1 spiro atoms. The molecule has 1 aromatic carbocycles. The molecule has 3 amide bonds. The van der Waals surface area contributed by atoms with Crippen LogP contribution in [-0.2, 0) is 14.4 Å². The van der Waals surface area contributed by atoms with Gasteiger partial charge in [-0.3, -0.25) is 14.4 Å². The summed E-state index contributed by atoms with van der Waals surface area (Å²) in [6.45, 7) is 6.04. The first-order valence-electron chi connectivity index (χ1n) is 13.5. The van der Waals surface area contributed by atoms with Gasteiger partial charge in [0.2, 0.25) is 11.8 Å². The average molecular weight is 540 g/mol. The maximum absolute atomic E-state index is 14.4. The molecule has 4 aliphatic heterocycles. The monoisotopic (exact) mass is 539 g/mol. The van der Waals surface area contributed by atoms with E-state index in [0.29, 0.717) is 44.8 Å². The minimum absolute atomic E-state index is 0.00450. The number of anilines is 1. The Morgan fingerprint density at radius 1 is 0.974 bits per heavy atom. The first kappa shape index (κ1) is 26.8. The molecule has 0 bridgehead atoms. The predicted octanol–water partition coefficient (Wildman–Crippen LogP) is 2.87. The van der Waals surface area contributed by atoms with E-state index in [1.54, 1.807) is 28.7 Å². The Kier molecular flexibility index (Phi) is 7.35. The van der Waals surface area contributed by atoms with Gasteiger partial charge in [0, 0.05) is 43.2 Å². The topological polar surface area (TPSA) is 90.4 Å². The van der Waals surface area contributed by atoms with E-state index < -0.39 is 27.4 Å². The fraction of sp³-hybridized carbons (Fsp3) is 0.552. The van der Waals surface area contributed by atoms with Crippen LogP contribution in [0.4, 0.5) is 5.69 Å². The number of nitrogens with zero attached hydrogens (tertiary/aromatic N) is 3. The number of likely N-dealkylation sites (tertiary alicyclic amines) is 1. The molecule has 204 valence electrons. The quantitative estimate of drug-likeness (QED) is 0.404. The molecule has 5 atom stereocenters. The standard InChI is InChI=1S/C29H37N3O5S/c1-4-15-30-16-7-13-28(2)22(25(30)34)23-26(35)32(17-5-6-19-33)24-27(36)31(18-8-14-29(23,24)38-28)20-9-11-21(37-3)12-10-20/h7-14,22-24,33H,4-6,15-19H2,1-3H3/t22-,23-,24?,28+,29-/m0/s1. The van der Waals surface area contributed by atoms with Crippen molar-refractivity contribution in [2.24, 2.45) is 11.8 Å². The molecule has 9 heteroatoms. The van der Waals surface area contributed by atoms with Gasteiger partial charge >= 0.3 is 0 Å². The van der Waals surface area contributed by atoms with Crippen LogP contribution in [0.3, 0.4) is 0 Å². The zero-order valence-corrected chi connectivity index (χ0v) is 23.2. The van der Waals surface area contributed by atoms with Gasteiger partial charge in [0.1, 0.15) is 11.8 Å². The second-order valence-corrected chi connectivity index (χ2v) is 12.5. The number of methoxy groups -OCH3 is 1. The summed E-state index contributed by atoms with van der Waals surface area (Å²) in [5.74, 6) is -0.776. The van der Waals surface area contributed by atoms with E-state index in [2.05, 4.69) is 6.08 Å². The highest BCUT2D eigenvalue weighted by atomic mass is 32.2. The molecule has 1 N–H and O–H groups in total. The van der Waals surface area contributed by atoms with E-state index in [1.807, 2.05) is 61.2 Å². The van der Waals surface area contributed by atoms with Gasteiger partial charge in [0.25, 0.3) is 5.91 Å². The molecule has 2 fully saturated rings. The van der Waals surface area contributed by atoms with Crippen LogP contribution < -0.4 is 9.64 Å². The Morgan fingerprint density at radius 2 is 1.71 bits per heavy atom. The maximum atomic E-state index is 14.4. The van der Waals surface area contributed by atoms with Crippen LogP contribution in [-0.4, -0.2) is 88.1 Å². The zero-order valence-electron chi connectivity index (χ0n) is 22.3. The molecule has 1 aromatic rings. The molecule has 38 heavy (non-hydrogen) atoms. The molecule has 0 aromatic heterocycles. The van der Waals surface area contributed by atoms with E-state index in [-0.39, 0.29) is 24.3 Å². The van der Waals surface area contributed by atoms with Gasteiger partial charge in [-0.05, 0) is 50.5 Å². The number of hydrogen-bond donors (Lipinski definition) is 1. The van der Waals surface area contributed by atoms with Crippen molar-refractivity contribution in [2.75, 3.05) is 44.8 Å². The normalized spacial score (nSPS) is 32.3. The summed E-state index contributed by atoms with van der Waals surface area (Å²) in [5, 5.41) is 9.40. The van der Waals surface area contributed by atoms with Gasteiger partial charge in [-0.15, -0.1) is 11.8 Å². The number of rotatable bonds is 8. The molecule has 0 saturated carbocycles. The third-order valence-corrected chi connectivity index (χ3v) is 10.1. The van der Waals surface area contributed by atoms with Crippen molar-refractivity contribution in [1.82, 2.24) is 9.80 Å². The van der Waals surface area contributed by atoms with Crippen molar-refractivity contribution in [3.8, 4) is 5.75 Å². The van der Waals surface area contributed by atoms with Gasteiger partial charge < -0.3 is 24.5 Å². The van der Waals surface area contributed by atoms with E-state index in [9.17, 15) is 19.5 Å². The smallest absolute Gasteiger partial charge is 0.251 e. The highest BCUT2D eigenvalue weighted by molar-refractivity contribution is 8.02. The minimum atomic E-state index is -0.858. The van der Waals surface area contributed by atoms with E-state index in [1.165, 1.54) is 0 Å². The largest absolute Gasteiger partial charge is 0.497 e. The number of carbonyl (C=O) groups is 3. The van der Waals surface area contributed by atoms with E-state index in [0.717, 1.165) is 12.1 Å². The molecule has 5 rings (SSSR count). The van der Waals surface area contributed by atoms with Gasteiger partial charge in [-0.25, -0.2) is 0 Å². The lowest BCUT2D eigenvalue weighted by Crippen LogP contribution is -2.53. The van der Waals surface area contributed by atoms with Crippen LogP contribution in [0.5, 0.6) is 5.75 Å². The van der Waals surface area contributed by atoms with E-state index >= 15 is 0 Å². The van der Waals surface area contributed by atoms with Crippen LogP contribution in [0.1, 0.15) is 33.1 Å². The van der Waals surface area contributed by atoms with Crippen LogP contribution in [0, 0.1) is 11.8 Å². The summed E-state index contributed by atoms with van der Waals surface area (Å²) in [5.41, 5.74) is 0.734. The lowest BCUT2D eigenvalue weighted by atomic mass is 9.74. The zero-order chi connectivity index (χ0) is 27.1. The number of unbranched alkanes of at least 4 members (excludes halogenated alkanes) is 1. The first-order chi connectivity index (χ1) is 18.3. The Bertz CT molecular complexity index is 1150. The fourth-order valence-corrected chi connectivity index (χ4v) is 8.83. The number of fused-ring (bicyclic) bond motifs is 2. The summed E-state index contributed by atoms with van der Waals surface area (Å²) in [4.78, 5) is 48.0. The molecule has 8 nitrogen and oxygen atoms in total. The highest BCUT2D eigenvalue weighted by Gasteiger charge is 2.73. The number of ether oxygens (including phenoxy) is 1. The van der Waals surface area contributed by atoms with Crippen molar-refractivity contribution in [1.29, 1.82) is 0 Å². The number of benzene rings is 1. The van der Waals surface area contributed by atoms with Gasteiger partial charge in [0.05, 0.1) is 23.7 Å². The molecular formula is C29H37N3O5S. The Morgan fingerprint density at radius 3 is 2.39 bits per heavy atom. The van der Waals surface area contributed by atoms with Crippen molar-refractivity contribution in [3.05, 3.63) is 48.6 Å². The summed E-state index contributed by atoms with van der Waals surface area (Å²) < 4.78 is 3.83. The van der Waals surface area contributed by atoms with Crippen LogP contribution in [0.2, 0.25) is 0 Å². The van der Waals surface area contributed by atoms with Gasteiger partial charge in [-0.2, -0.15) is 0 Å². The van der Waals surface area contributed by atoms with E-state index in [4.69, 9.17) is 4.74 Å². The average Bonchev–Trinajstić information content (AvgIpc) is 3.17. The van der Waals surface area contributed by atoms with Crippen molar-refractivity contribution in [3.63, 3.8) is 0 Å². The van der Waals surface area contributed by atoms with Gasteiger partial charge in [0.15, 0.2) is 0 Å². The number of aliphatic hydroxyl groups is 1. The molecule has 4 heterocycles. The molecule has 4 aliphatic rings. The third kappa shape index (κ3) is 4.14.